The summed E-state index contributed by atoms with van der Waals surface area (Å²) in [6.07, 6.45) is 2.63. The lowest BCUT2D eigenvalue weighted by Crippen LogP contribution is -2.17. The van der Waals surface area contributed by atoms with Gasteiger partial charge in [-0.3, -0.25) is 0 Å². The number of nitrogens with zero attached hydrogens (tertiary/aromatic N) is 4. The molecule has 6 nitrogen and oxygen atoms in total. The Morgan fingerprint density at radius 1 is 1.24 bits per heavy atom. The van der Waals surface area contributed by atoms with Gasteiger partial charge in [0.05, 0.1) is 11.9 Å². The van der Waals surface area contributed by atoms with Gasteiger partial charge in [-0.05, 0) is 55.1 Å². The van der Waals surface area contributed by atoms with E-state index in [2.05, 4.69) is 60.7 Å². The zero-order chi connectivity index (χ0) is 15.1. The molecule has 1 aromatic carbocycles. The first-order valence-corrected chi connectivity index (χ1v) is 7.54. The number of rotatable bonds is 7. The minimum Gasteiger partial charge on any atom is -0.353 e. The molecule has 0 aliphatic rings. The molecule has 0 saturated heterocycles. The Hall–Kier alpha value is -1.73. The third-order valence-corrected chi connectivity index (χ3v) is 3.45. The summed E-state index contributed by atoms with van der Waals surface area (Å²) >= 11 is 3.49. The van der Waals surface area contributed by atoms with Crippen molar-refractivity contribution in [3.8, 4) is 0 Å². The van der Waals surface area contributed by atoms with Gasteiger partial charge in [0.1, 0.15) is 0 Å². The molecule has 2 rings (SSSR count). The molecule has 1 aromatic heterocycles. The monoisotopic (exact) mass is 350 g/mol. The van der Waals surface area contributed by atoms with Crippen molar-refractivity contribution in [2.24, 2.45) is 0 Å². The normalized spacial score (nSPS) is 10.7. The average Bonchev–Trinajstić information content (AvgIpc) is 2.46. The number of hydrogen-bond acceptors (Lipinski definition) is 6. The van der Waals surface area contributed by atoms with Crippen LogP contribution in [0.5, 0.6) is 0 Å². The van der Waals surface area contributed by atoms with E-state index in [0.717, 1.165) is 29.7 Å². The van der Waals surface area contributed by atoms with E-state index < -0.39 is 0 Å². The molecule has 0 spiro atoms. The van der Waals surface area contributed by atoms with Crippen molar-refractivity contribution in [2.75, 3.05) is 37.8 Å². The fourth-order valence-electron chi connectivity index (χ4n) is 1.73. The van der Waals surface area contributed by atoms with Crippen molar-refractivity contribution in [3.05, 3.63) is 34.9 Å². The first kappa shape index (κ1) is 15.7. The third kappa shape index (κ3) is 5.28. The van der Waals surface area contributed by atoms with E-state index in [1.807, 2.05) is 24.3 Å². The highest BCUT2D eigenvalue weighted by molar-refractivity contribution is 9.10. The van der Waals surface area contributed by atoms with Gasteiger partial charge in [0.25, 0.3) is 0 Å². The standard InChI is InChI=1S/C14H19BrN6/c1-21(2)9-5-8-16-14-19-13(10-17-20-14)18-12-7-4-3-6-11(12)15/h3-4,6-7,10H,5,8-9H2,1-2H3,(H2,16,18,19,20). The zero-order valence-electron chi connectivity index (χ0n) is 12.2. The molecule has 0 amide bonds. The number of benzene rings is 1. The van der Waals surface area contributed by atoms with Crippen LogP contribution in [0.1, 0.15) is 6.42 Å². The maximum Gasteiger partial charge on any atom is 0.244 e. The summed E-state index contributed by atoms with van der Waals surface area (Å²) in [5.74, 6) is 1.19. The first-order chi connectivity index (χ1) is 10.1. The van der Waals surface area contributed by atoms with Crippen LogP contribution >= 0.6 is 15.9 Å². The van der Waals surface area contributed by atoms with Crippen LogP contribution in [-0.2, 0) is 0 Å². The number of nitrogens with one attached hydrogen (secondary N) is 2. The molecule has 0 bridgehead atoms. The molecule has 0 fully saturated rings. The molecule has 2 aromatic rings. The van der Waals surface area contributed by atoms with E-state index in [0.29, 0.717) is 11.8 Å². The number of halogens is 1. The Kier molecular flexibility index (Phi) is 5.89. The highest BCUT2D eigenvalue weighted by Gasteiger charge is 2.03. The van der Waals surface area contributed by atoms with Crippen molar-refractivity contribution < 1.29 is 0 Å². The fraction of sp³-hybridized carbons (Fsp3) is 0.357. The van der Waals surface area contributed by atoms with Gasteiger partial charge in [0.2, 0.25) is 5.95 Å². The molecule has 0 saturated carbocycles. The lowest BCUT2D eigenvalue weighted by atomic mass is 10.3. The van der Waals surface area contributed by atoms with Gasteiger partial charge in [-0.2, -0.15) is 10.1 Å². The van der Waals surface area contributed by atoms with Crippen LogP contribution in [0, 0.1) is 0 Å². The largest absolute Gasteiger partial charge is 0.353 e. The molecule has 0 aliphatic carbocycles. The Balaban J connectivity index is 1.93. The number of aromatic nitrogens is 3. The lowest BCUT2D eigenvalue weighted by Gasteiger charge is -2.10. The van der Waals surface area contributed by atoms with Crippen LogP contribution in [0.3, 0.4) is 0 Å². The predicted molar refractivity (Wildman–Crippen MR) is 88.9 cm³/mol. The molecular weight excluding hydrogens is 332 g/mol. The summed E-state index contributed by atoms with van der Waals surface area (Å²) in [5, 5.41) is 14.3. The van der Waals surface area contributed by atoms with Crippen molar-refractivity contribution >= 4 is 33.4 Å². The Labute approximate surface area is 133 Å². The van der Waals surface area contributed by atoms with E-state index in [1.165, 1.54) is 0 Å². The molecule has 7 heteroatoms. The molecule has 1 heterocycles. The fourth-order valence-corrected chi connectivity index (χ4v) is 2.12. The van der Waals surface area contributed by atoms with Crippen LogP contribution in [0.4, 0.5) is 17.5 Å². The zero-order valence-corrected chi connectivity index (χ0v) is 13.8. The summed E-state index contributed by atoms with van der Waals surface area (Å²) in [6.45, 7) is 1.84. The van der Waals surface area contributed by atoms with E-state index in [4.69, 9.17) is 0 Å². The van der Waals surface area contributed by atoms with Gasteiger partial charge in [-0.15, -0.1) is 5.10 Å². The summed E-state index contributed by atoms with van der Waals surface area (Å²) in [4.78, 5) is 6.54. The van der Waals surface area contributed by atoms with Gasteiger partial charge in [0.15, 0.2) is 5.82 Å². The van der Waals surface area contributed by atoms with Crippen LogP contribution in [0.25, 0.3) is 0 Å². The summed E-state index contributed by atoms with van der Waals surface area (Å²) < 4.78 is 0.976. The SMILES string of the molecule is CN(C)CCCNc1nncc(Nc2ccccc2Br)n1. The second kappa shape index (κ2) is 7.90. The molecule has 2 N–H and O–H groups in total. The number of hydrogen-bond donors (Lipinski definition) is 2. The smallest absolute Gasteiger partial charge is 0.244 e. The van der Waals surface area contributed by atoms with Crippen LogP contribution in [0.15, 0.2) is 34.9 Å². The van der Waals surface area contributed by atoms with Gasteiger partial charge < -0.3 is 15.5 Å². The molecular formula is C14H19BrN6. The summed E-state index contributed by atoms with van der Waals surface area (Å²) in [7, 11) is 4.11. The minimum atomic E-state index is 0.533. The molecule has 112 valence electrons. The van der Waals surface area contributed by atoms with Gasteiger partial charge in [-0.1, -0.05) is 12.1 Å². The first-order valence-electron chi connectivity index (χ1n) is 6.75. The molecule has 0 radical (unpaired) electrons. The van der Waals surface area contributed by atoms with Crippen molar-refractivity contribution in [1.82, 2.24) is 20.1 Å². The lowest BCUT2D eigenvalue weighted by molar-refractivity contribution is 0.405. The van der Waals surface area contributed by atoms with Crippen LogP contribution < -0.4 is 10.6 Å². The van der Waals surface area contributed by atoms with Crippen LogP contribution in [-0.4, -0.2) is 47.3 Å². The topological polar surface area (TPSA) is 66.0 Å². The molecule has 0 atom stereocenters. The summed E-state index contributed by atoms with van der Waals surface area (Å²) in [5.41, 5.74) is 0.941. The van der Waals surface area contributed by atoms with Gasteiger partial charge in [0, 0.05) is 11.0 Å². The van der Waals surface area contributed by atoms with E-state index >= 15 is 0 Å². The minimum absolute atomic E-state index is 0.533. The van der Waals surface area contributed by atoms with E-state index in [1.54, 1.807) is 6.20 Å². The predicted octanol–water partition coefficient (Wildman–Crippen LogP) is 2.74. The Morgan fingerprint density at radius 2 is 2.05 bits per heavy atom. The van der Waals surface area contributed by atoms with Crippen molar-refractivity contribution in [3.63, 3.8) is 0 Å². The average molecular weight is 351 g/mol. The second-order valence-electron chi connectivity index (χ2n) is 4.85. The van der Waals surface area contributed by atoms with Crippen LogP contribution in [0.2, 0.25) is 0 Å². The molecule has 21 heavy (non-hydrogen) atoms. The van der Waals surface area contributed by atoms with E-state index in [9.17, 15) is 0 Å². The van der Waals surface area contributed by atoms with Crippen molar-refractivity contribution in [2.45, 2.75) is 6.42 Å². The quantitative estimate of drug-likeness (QED) is 0.748. The number of anilines is 3. The maximum absolute atomic E-state index is 4.40. The third-order valence-electron chi connectivity index (χ3n) is 2.76. The highest BCUT2D eigenvalue weighted by atomic mass is 79.9. The maximum atomic E-state index is 4.40. The Morgan fingerprint density at radius 3 is 2.81 bits per heavy atom. The summed E-state index contributed by atoms with van der Waals surface area (Å²) in [6, 6.07) is 7.86. The Bertz CT molecular complexity index is 575. The molecule has 0 unspecified atom stereocenters. The van der Waals surface area contributed by atoms with Crippen molar-refractivity contribution in [1.29, 1.82) is 0 Å². The van der Waals surface area contributed by atoms with Gasteiger partial charge in [-0.25, -0.2) is 0 Å². The second-order valence-corrected chi connectivity index (χ2v) is 5.71. The van der Waals surface area contributed by atoms with E-state index in [-0.39, 0.29) is 0 Å². The number of para-hydroxylation sites is 1. The van der Waals surface area contributed by atoms with Gasteiger partial charge >= 0.3 is 0 Å². The molecule has 0 aliphatic heterocycles. The highest BCUT2D eigenvalue weighted by Crippen LogP contribution is 2.24.